The third-order valence-corrected chi connectivity index (χ3v) is 2.81. The van der Waals surface area contributed by atoms with E-state index in [0.29, 0.717) is 0 Å². The highest BCUT2D eigenvalue weighted by atomic mass is 19.1. The van der Waals surface area contributed by atoms with Crippen LogP contribution in [0.15, 0.2) is 42.0 Å². The highest BCUT2D eigenvalue weighted by Crippen LogP contribution is 2.13. The first-order valence-electron chi connectivity index (χ1n) is 5.55. The van der Waals surface area contributed by atoms with Gasteiger partial charge in [0.25, 0.3) is 0 Å². The number of halogens is 1. The minimum atomic E-state index is -0.185. The second-order valence-electron chi connectivity index (χ2n) is 4.18. The van der Waals surface area contributed by atoms with Gasteiger partial charge in [0.1, 0.15) is 5.82 Å². The summed E-state index contributed by atoms with van der Waals surface area (Å²) < 4.78 is 12.7. The second kappa shape index (κ2) is 5.08. The molecule has 2 rings (SSSR count). The maximum atomic E-state index is 12.7. The van der Waals surface area contributed by atoms with Crippen LogP contribution in [0.1, 0.15) is 12.0 Å². The van der Waals surface area contributed by atoms with Crippen LogP contribution < -0.4 is 0 Å². The van der Waals surface area contributed by atoms with E-state index in [4.69, 9.17) is 0 Å². The van der Waals surface area contributed by atoms with Crippen molar-refractivity contribution in [3.05, 3.63) is 53.4 Å². The number of allylic oxidation sites excluding steroid dienone is 1. The van der Waals surface area contributed by atoms with Crippen molar-refractivity contribution in [2.45, 2.75) is 6.42 Å². The summed E-state index contributed by atoms with van der Waals surface area (Å²) in [6, 6.07) is 6.56. The number of hydrogen-bond donors (Lipinski definition) is 0. The Kier molecular flexibility index (Phi) is 3.52. The molecule has 0 fully saturated rings. The van der Waals surface area contributed by atoms with Gasteiger partial charge in [0.15, 0.2) is 0 Å². The molecule has 0 spiro atoms. The predicted octanol–water partition coefficient (Wildman–Crippen LogP) is 3.10. The molecule has 1 heterocycles. The van der Waals surface area contributed by atoms with E-state index in [1.165, 1.54) is 17.7 Å². The van der Waals surface area contributed by atoms with Crippen molar-refractivity contribution in [3.63, 3.8) is 0 Å². The molecule has 0 atom stereocenters. The third-order valence-electron chi connectivity index (χ3n) is 2.81. The van der Waals surface area contributed by atoms with Crippen molar-refractivity contribution in [2.75, 3.05) is 20.1 Å². The molecule has 0 N–H and O–H groups in total. The summed E-state index contributed by atoms with van der Waals surface area (Å²) in [6.45, 7) is 2.13. The Balaban J connectivity index is 2.01. The zero-order valence-electron chi connectivity index (χ0n) is 9.49. The van der Waals surface area contributed by atoms with Crippen LogP contribution in [0.2, 0.25) is 0 Å². The molecule has 84 valence electrons. The summed E-state index contributed by atoms with van der Waals surface area (Å²) in [5.74, 6) is -0.185. The molecule has 1 nitrogen and oxygen atoms in total. The second-order valence-corrected chi connectivity index (χ2v) is 4.18. The Bertz CT molecular complexity index is 403. The lowest BCUT2D eigenvalue weighted by Gasteiger charge is -2.20. The number of nitrogens with zero attached hydrogens (tertiary/aromatic N) is 1. The standard InChI is InChI=1S/C14H16FN/c1-16-10-8-13(9-11-16)3-2-12-4-6-14(15)7-5-12/h2-8H,9-11H2,1H3/b3-2+. The topological polar surface area (TPSA) is 3.24 Å². The first kappa shape index (κ1) is 11.1. The highest BCUT2D eigenvalue weighted by molar-refractivity contribution is 5.52. The molecule has 0 aromatic heterocycles. The van der Waals surface area contributed by atoms with Crippen molar-refractivity contribution in [1.29, 1.82) is 0 Å². The van der Waals surface area contributed by atoms with Crippen LogP contribution in [-0.4, -0.2) is 25.0 Å². The maximum Gasteiger partial charge on any atom is 0.123 e. The largest absolute Gasteiger partial charge is 0.302 e. The summed E-state index contributed by atoms with van der Waals surface area (Å²) in [5, 5.41) is 0. The van der Waals surface area contributed by atoms with Crippen LogP contribution in [0.5, 0.6) is 0 Å². The first-order chi connectivity index (χ1) is 7.74. The molecule has 1 aliphatic heterocycles. The molecule has 1 aromatic carbocycles. The van der Waals surface area contributed by atoms with E-state index in [2.05, 4.69) is 24.1 Å². The monoisotopic (exact) mass is 217 g/mol. The van der Waals surface area contributed by atoms with Gasteiger partial charge in [-0.3, -0.25) is 0 Å². The van der Waals surface area contributed by atoms with E-state index in [9.17, 15) is 4.39 Å². The summed E-state index contributed by atoms with van der Waals surface area (Å²) >= 11 is 0. The average molecular weight is 217 g/mol. The first-order valence-corrected chi connectivity index (χ1v) is 5.55. The van der Waals surface area contributed by atoms with Gasteiger partial charge in [-0.15, -0.1) is 0 Å². The number of benzene rings is 1. The van der Waals surface area contributed by atoms with Gasteiger partial charge in [0.2, 0.25) is 0 Å². The molecule has 1 aromatic rings. The van der Waals surface area contributed by atoms with E-state index in [0.717, 1.165) is 25.1 Å². The molecule has 16 heavy (non-hydrogen) atoms. The molecule has 0 radical (unpaired) electrons. The smallest absolute Gasteiger partial charge is 0.123 e. The van der Waals surface area contributed by atoms with Gasteiger partial charge in [-0.2, -0.15) is 0 Å². The molecular formula is C14H16FN. The molecule has 0 unspecified atom stereocenters. The van der Waals surface area contributed by atoms with E-state index in [-0.39, 0.29) is 5.82 Å². The van der Waals surface area contributed by atoms with E-state index in [1.807, 2.05) is 6.08 Å². The third kappa shape index (κ3) is 3.04. The van der Waals surface area contributed by atoms with Crippen LogP contribution in [0.4, 0.5) is 4.39 Å². The quantitative estimate of drug-likeness (QED) is 0.735. The minimum absolute atomic E-state index is 0.185. The van der Waals surface area contributed by atoms with E-state index in [1.54, 1.807) is 12.1 Å². The average Bonchev–Trinajstić information content (AvgIpc) is 2.30. The molecular weight excluding hydrogens is 201 g/mol. The SMILES string of the molecule is CN1CC=C(/C=C/c2ccc(F)cc2)CC1. The molecule has 1 aliphatic rings. The summed E-state index contributed by atoms with van der Waals surface area (Å²) in [4.78, 5) is 2.29. The molecule has 0 bridgehead atoms. The molecule has 0 aliphatic carbocycles. The number of hydrogen-bond acceptors (Lipinski definition) is 1. The van der Waals surface area contributed by atoms with Crippen LogP contribution in [0.3, 0.4) is 0 Å². The van der Waals surface area contributed by atoms with Gasteiger partial charge in [-0.1, -0.05) is 30.4 Å². The van der Waals surface area contributed by atoms with Gasteiger partial charge < -0.3 is 4.90 Å². The predicted molar refractivity (Wildman–Crippen MR) is 65.6 cm³/mol. The fraction of sp³-hybridized carbons (Fsp3) is 0.286. The van der Waals surface area contributed by atoms with Gasteiger partial charge in [0.05, 0.1) is 0 Å². The van der Waals surface area contributed by atoms with Crippen LogP contribution in [-0.2, 0) is 0 Å². The highest BCUT2D eigenvalue weighted by Gasteiger charge is 2.04. The lowest BCUT2D eigenvalue weighted by Crippen LogP contribution is -2.23. The fourth-order valence-corrected chi connectivity index (χ4v) is 1.71. The lowest BCUT2D eigenvalue weighted by atomic mass is 10.1. The zero-order valence-corrected chi connectivity index (χ0v) is 9.49. The van der Waals surface area contributed by atoms with Crippen molar-refractivity contribution < 1.29 is 4.39 Å². The fourth-order valence-electron chi connectivity index (χ4n) is 1.71. The van der Waals surface area contributed by atoms with Crippen LogP contribution in [0.25, 0.3) is 6.08 Å². The van der Waals surface area contributed by atoms with Crippen molar-refractivity contribution in [3.8, 4) is 0 Å². The molecule has 0 saturated carbocycles. The molecule has 0 amide bonds. The number of likely N-dealkylation sites (N-methyl/N-ethyl adjacent to an activating group) is 1. The summed E-state index contributed by atoms with van der Waals surface area (Å²) in [7, 11) is 2.12. The summed E-state index contributed by atoms with van der Waals surface area (Å²) in [5.41, 5.74) is 2.41. The van der Waals surface area contributed by atoms with Crippen LogP contribution >= 0.6 is 0 Å². The Morgan fingerprint density at radius 3 is 2.56 bits per heavy atom. The molecule has 2 heteroatoms. The van der Waals surface area contributed by atoms with Crippen molar-refractivity contribution in [2.24, 2.45) is 0 Å². The van der Waals surface area contributed by atoms with Crippen molar-refractivity contribution in [1.82, 2.24) is 4.90 Å². The van der Waals surface area contributed by atoms with Gasteiger partial charge >= 0.3 is 0 Å². The minimum Gasteiger partial charge on any atom is -0.302 e. The van der Waals surface area contributed by atoms with Gasteiger partial charge in [-0.05, 0) is 36.7 Å². The Hall–Kier alpha value is -1.41. The molecule has 0 saturated heterocycles. The van der Waals surface area contributed by atoms with Crippen LogP contribution in [0, 0.1) is 5.82 Å². The van der Waals surface area contributed by atoms with Gasteiger partial charge in [-0.25, -0.2) is 4.39 Å². The zero-order chi connectivity index (χ0) is 11.4. The Morgan fingerprint density at radius 1 is 1.19 bits per heavy atom. The maximum absolute atomic E-state index is 12.7. The Morgan fingerprint density at radius 2 is 1.94 bits per heavy atom. The number of rotatable bonds is 2. The Labute approximate surface area is 95.9 Å². The normalized spacial score (nSPS) is 17.8. The lowest BCUT2D eigenvalue weighted by molar-refractivity contribution is 0.361. The van der Waals surface area contributed by atoms with Gasteiger partial charge in [0, 0.05) is 13.1 Å². The van der Waals surface area contributed by atoms with Crippen molar-refractivity contribution >= 4 is 6.08 Å². The van der Waals surface area contributed by atoms with E-state index < -0.39 is 0 Å². The summed E-state index contributed by atoms with van der Waals surface area (Å²) in [6.07, 6.45) is 7.49. The van der Waals surface area contributed by atoms with E-state index >= 15 is 0 Å².